The fourth-order valence-electron chi connectivity index (χ4n) is 1.57. The van der Waals surface area contributed by atoms with Gasteiger partial charge in [0.15, 0.2) is 0 Å². The molecule has 0 atom stereocenters. The third-order valence-corrected chi connectivity index (χ3v) is 3.12. The van der Waals surface area contributed by atoms with Gasteiger partial charge in [0.25, 0.3) is 5.91 Å². The van der Waals surface area contributed by atoms with Gasteiger partial charge in [-0.05, 0) is 44.0 Å². The topological polar surface area (TPSA) is 58.2 Å². The fourth-order valence-corrected chi connectivity index (χ4v) is 1.97. The highest BCUT2D eigenvalue weighted by atomic mass is 79.9. The Morgan fingerprint density at radius 3 is 2.42 bits per heavy atom. The predicted molar refractivity (Wildman–Crippen MR) is 80.7 cm³/mol. The van der Waals surface area contributed by atoms with Crippen molar-refractivity contribution in [1.29, 1.82) is 0 Å². The molecule has 0 saturated carbocycles. The number of benzene rings is 1. The molecule has 0 aromatic heterocycles. The van der Waals surface area contributed by atoms with E-state index >= 15 is 0 Å². The van der Waals surface area contributed by atoms with Crippen LogP contribution in [-0.4, -0.2) is 23.7 Å². The van der Waals surface area contributed by atoms with Crippen LogP contribution in [0, 0.1) is 0 Å². The van der Waals surface area contributed by atoms with E-state index < -0.39 is 0 Å². The molecule has 0 aliphatic heterocycles. The van der Waals surface area contributed by atoms with E-state index in [1.54, 1.807) is 24.3 Å². The molecule has 1 aromatic rings. The minimum absolute atomic E-state index is 0.00621. The van der Waals surface area contributed by atoms with Crippen molar-refractivity contribution in [1.82, 2.24) is 5.32 Å². The van der Waals surface area contributed by atoms with Gasteiger partial charge in [0.05, 0.1) is 0 Å². The maximum Gasteiger partial charge on any atom is 0.251 e. The zero-order valence-electron chi connectivity index (χ0n) is 11.0. The normalized spacial score (nSPS) is 10.0. The summed E-state index contributed by atoms with van der Waals surface area (Å²) in [5.41, 5.74) is 1.32. The van der Waals surface area contributed by atoms with Crippen LogP contribution < -0.4 is 10.6 Å². The van der Waals surface area contributed by atoms with E-state index in [2.05, 4.69) is 26.6 Å². The minimum atomic E-state index is -0.0994. The van der Waals surface area contributed by atoms with E-state index in [0.29, 0.717) is 18.5 Å². The minimum Gasteiger partial charge on any atom is -0.352 e. The molecule has 0 fully saturated rings. The number of rotatable bonds is 7. The molecule has 0 aliphatic rings. The van der Waals surface area contributed by atoms with E-state index in [0.717, 1.165) is 23.9 Å². The molecular weight excluding hydrogens is 308 g/mol. The highest BCUT2D eigenvalue weighted by Crippen LogP contribution is 2.10. The van der Waals surface area contributed by atoms with Crippen LogP contribution in [0.15, 0.2) is 24.3 Å². The molecule has 5 heteroatoms. The second-order valence-corrected chi connectivity index (χ2v) is 4.92. The summed E-state index contributed by atoms with van der Waals surface area (Å²) in [4.78, 5) is 23.2. The third kappa shape index (κ3) is 5.87. The fraction of sp³-hybridized carbons (Fsp3) is 0.429. The Morgan fingerprint density at radius 1 is 1.16 bits per heavy atom. The van der Waals surface area contributed by atoms with Crippen molar-refractivity contribution in [3.63, 3.8) is 0 Å². The molecule has 0 radical (unpaired) electrons. The van der Waals surface area contributed by atoms with Crippen LogP contribution in [0.3, 0.4) is 0 Å². The zero-order chi connectivity index (χ0) is 14.1. The van der Waals surface area contributed by atoms with Gasteiger partial charge in [-0.25, -0.2) is 0 Å². The molecule has 1 rings (SSSR count). The Balaban J connectivity index is 2.47. The van der Waals surface area contributed by atoms with Gasteiger partial charge in [0.1, 0.15) is 0 Å². The zero-order valence-corrected chi connectivity index (χ0v) is 12.6. The monoisotopic (exact) mass is 326 g/mol. The van der Waals surface area contributed by atoms with Gasteiger partial charge in [-0.2, -0.15) is 0 Å². The van der Waals surface area contributed by atoms with Crippen molar-refractivity contribution >= 4 is 33.4 Å². The van der Waals surface area contributed by atoms with Crippen LogP contribution >= 0.6 is 15.9 Å². The number of hydrogen-bond acceptors (Lipinski definition) is 2. The Morgan fingerprint density at radius 2 is 1.84 bits per heavy atom. The van der Waals surface area contributed by atoms with Crippen LogP contribution in [0.1, 0.15) is 36.5 Å². The third-order valence-electron chi connectivity index (χ3n) is 2.56. The number of anilines is 1. The van der Waals surface area contributed by atoms with Gasteiger partial charge >= 0.3 is 0 Å². The molecule has 0 spiro atoms. The average Bonchev–Trinajstić information content (AvgIpc) is 2.40. The van der Waals surface area contributed by atoms with Crippen LogP contribution in [0.4, 0.5) is 5.69 Å². The van der Waals surface area contributed by atoms with E-state index in [1.807, 2.05) is 6.92 Å². The molecular formula is C14H19BrN2O2. The maximum absolute atomic E-state index is 11.6. The van der Waals surface area contributed by atoms with Crippen LogP contribution in [0.2, 0.25) is 0 Å². The second-order valence-electron chi connectivity index (χ2n) is 4.13. The van der Waals surface area contributed by atoms with Crippen molar-refractivity contribution in [2.45, 2.75) is 26.2 Å². The molecule has 0 heterocycles. The van der Waals surface area contributed by atoms with Gasteiger partial charge in [-0.1, -0.05) is 15.9 Å². The van der Waals surface area contributed by atoms with E-state index in [-0.39, 0.29) is 11.8 Å². The highest BCUT2D eigenvalue weighted by molar-refractivity contribution is 9.09. The molecule has 1 aromatic carbocycles. The van der Waals surface area contributed by atoms with Crippen molar-refractivity contribution in [2.75, 3.05) is 17.2 Å². The number of hydrogen-bond donors (Lipinski definition) is 2. The van der Waals surface area contributed by atoms with Crippen molar-refractivity contribution < 1.29 is 9.59 Å². The lowest BCUT2D eigenvalue weighted by Crippen LogP contribution is -2.22. The van der Waals surface area contributed by atoms with E-state index in [1.165, 1.54) is 0 Å². The molecule has 4 nitrogen and oxygen atoms in total. The molecule has 0 bridgehead atoms. The summed E-state index contributed by atoms with van der Waals surface area (Å²) in [6.45, 7) is 2.48. The number of amides is 2. The van der Waals surface area contributed by atoms with Crippen LogP contribution in [0.5, 0.6) is 0 Å². The van der Waals surface area contributed by atoms with Gasteiger partial charge in [0.2, 0.25) is 5.91 Å². The SMILES string of the molecule is CCNC(=O)c1ccc(NC(=O)CCCCBr)cc1. The Kier molecular flexibility index (Phi) is 7.18. The summed E-state index contributed by atoms with van der Waals surface area (Å²) in [6, 6.07) is 6.90. The molecule has 2 amide bonds. The first-order chi connectivity index (χ1) is 9.17. The lowest BCUT2D eigenvalue weighted by Gasteiger charge is -2.06. The Labute approximate surface area is 122 Å². The average molecular weight is 327 g/mol. The lowest BCUT2D eigenvalue weighted by atomic mass is 10.2. The molecule has 0 unspecified atom stereocenters. The van der Waals surface area contributed by atoms with E-state index in [9.17, 15) is 9.59 Å². The number of carbonyl (C=O) groups excluding carboxylic acids is 2. The first-order valence-electron chi connectivity index (χ1n) is 6.41. The second kappa shape index (κ2) is 8.69. The lowest BCUT2D eigenvalue weighted by molar-refractivity contribution is -0.116. The number of unbranched alkanes of at least 4 members (excludes halogenated alkanes) is 1. The van der Waals surface area contributed by atoms with Gasteiger partial charge < -0.3 is 10.6 Å². The summed E-state index contributed by atoms with van der Waals surface area (Å²) < 4.78 is 0. The number of halogens is 1. The van der Waals surface area contributed by atoms with Gasteiger partial charge in [-0.15, -0.1) is 0 Å². The Bertz CT molecular complexity index is 418. The number of carbonyl (C=O) groups is 2. The molecule has 0 aliphatic carbocycles. The van der Waals surface area contributed by atoms with Crippen LogP contribution in [0.25, 0.3) is 0 Å². The van der Waals surface area contributed by atoms with E-state index in [4.69, 9.17) is 0 Å². The molecule has 2 N–H and O–H groups in total. The summed E-state index contributed by atoms with van der Waals surface area (Å²) in [6.07, 6.45) is 2.38. The molecule has 19 heavy (non-hydrogen) atoms. The van der Waals surface area contributed by atoms with Crippen LogP contribution in [-0.2, 0) is 4.79 Å². The highest BCUT2D eigenvalue weighted by Gasteiger charge is 2.05. The quantitative estimate of drug-likeness (QED) is 0.597. The van der Waals surface area contributed by atoms with Crippen molar-refractivity contribution in [3.8, 4) is 0 Å². The predicted octanol–water partition coefficient (Wildman–Crippen LogP) is 2.94. The van der Waals surface area contributed by atoms with Crippen molar-refractivity contribution in [2.24, 2.45) is 0 Å². The maximum atomic E-state index is 11.6. The standard InChI is InChI=1S/C14H19BrN2O2/c1-2-16-14(19)11-6-8-12(9-7-11)17-13(18)5-3-4-10-15/h6-9H,2-5,10H2,1H3,(H,16,19)(H,17,18). The summed E-state index contributed by atoms with van der Waals surface area (Å²) in [5, 5.41) is 6.46. The number of alkyl halides is 1. The van der Waals surface area contributed by atoms with Crippen molar-refractivity contribution in [3.05, 3.63) is 29.8 Å². The largest absolute Gasteiger partial charge is 0.352 e. The smallest absolute Gasteiger partial charge is 0.251 e. The first kappa shape index (κ1) is 15.7. The molecule has 104 valence electrons. The molecule has 0 saturated heterocycles. The van der Waals surface area contributed by atoms with Gasteiger partial charge in [-0.3, -0.25) is 9.59 Å². The first-order valence-corrected chi connectivity index (χ1v) is 7.53. The number of nitrogens with one attached hydrogen (secondary N) is 2. The summed E-state index contributed by atoms with van der Waals surface area (Å²) in [7, 11) is 0. The van der Waals surface area contributed by atoms with Gasteiger partial charge in [0, 0.05) is 29.5 Å². The summed E-state index contributed by atoms with van der Waals surface area (Å²) >= 11 is 3.33. The Hall–Kier alpha value is -1.36. The summed E-state index contributed by atoms with van der Waals surface area (Å²) in [5.74, 6) is -0.0931.